The maximum Gasteiger partial charge on any atom is 0.309 e. The second-order valence-electron chi connectivity index (χ2n) is 2.45. The van der Waals surface area contributed by atoms with Gasteiger partial charge in [0, 0.05) is 41.3 Å². The van der Waals surface area contributed by atoms with Crippen molar-refractivity contribution in [2.45, 2.75) is 12.8 Å². The van der Waals surface area contributed by atoms with Crippen LogP contribution in [0.3, 0.4) is 0 Å². The van der Waals surface area contributed by atoms with Crippen LogP contribution in [0.2, 0.25) is 0 Å². The van der Waals surface area contributed by atoms with E-state index in [9.17, 15) is 13.6 Å². The molecule has 0 spiro atoms. The summed E-state index contributed by atoms with van der Waals surface area (Å²) in [5.41, 5.74) is 0.0750. The van der Waals surface area contributed by atoms with Gasteiger partial charge in [0.2, 0.25) is 0 Å². The Morgan fingerprint density at radius 2 is 2.14 bits per heavy atom. The molecular formula is C8H7F2NNaO2. The summed E-state index contributed by atoms with van der Waals surface area (Å²) in [7, 11) is 0. The predicted octanol–water partition coefficient (Wildman–Crippen LogP) is 1.27. The first kappa shape index (κ1) is 13.5. The van der Waals surface area contributed by atoms with Gasteiger partial charge < -0.3 is 5.11 Å². The summed E-state index contributed by atoms with van der Waals surface area (Å²) < 4.78 is 24.0. The van der Waals surface area contributed by atoms with E-state index in [1.54, 1.807) is 0 Å². The van der Waals surface area contributed by atoms with Gasteiger partial charge in [0.1, 0.15) is 0 Å². The number of aliphatic carboxylic acids is 1. The number of rotatable bonds is 3. The first-order valence-corrected chi connectivity index (χ1v) is 3.54. The Labute approximate surface area is 101 Å². The van der Waals surface area contributed by atoms with Crippen LogP contribution in [0, 0.1) is 0 Å². The fraction of sp³-hybridized carbons (Fsp3) is 0.250. The normalized spacial score (nSPS) is 9.64. The number of carboxylic acid groups (broad SMARTS) is 1. The van der Waals surface area contributed by atoms with Crippen molar-refractivity contribution in [3.05, 3.63) is 29.6 Å². The van der Waals surface area contributed by atoms with Gasteiger partial charge >= 0.3 is 5.97 Å². The molecule has 0 aliphatic carbocycles. The minimum Gasteiger partial charge on any atom is -0.481 e. The van der Waals surface area contributed by atoms with E-state index < -0.39 is 12.4 Å². The van der Waals surface area contributed by atoms with Crippen molar-refractivity contribution >= 4 is 35.5 Å². The predicted molar refractivity (Wildman–Crippen MR) is 46.3 cm³/mol. The van der Waals surface area contributed by atoms with Gasteiger partial charge in [-0.25, -0.2) is 8.78 Å². The first-order chi connectivity index (χ1) is 6.09. The summed E-state index contributed by atoms with van der Waals surface area (Å²) in [6.07, 6.45) is -1.82. The van der Waals surface area contributed by atoms with Crippen LogP contribution in [-0.2, 0) is 11.2 Å². The van der Waals surface area contributed by atoms with Crippen molar-refractivity contribution in [2.75, 3.05) is 0 Å². The molecule has 0 saturated heterocycles. The van der Waals surface area contributed by atoms with Crippen LogP contribution in [-0.4, -0.2) is 45.6 Å². The van der Waals surface area contributed by atoms with E-state index in [4.69, 9.17) is 5.11 Å². The molecule has 0 saturated carbocycles. The first-order valence-electron chi connectivity index (χ1n) is 3.54. The number of pyridine rings is 1. The van der Waals surface area contributed by atoms with Gasteiger partial charge in [-0.1, -0.05) is 0 Å². The summed E-state index contributed by atoms with van der Waals surface area (Å²) in [5, 5.41) is 8.36. The molecule has 0 amide bonds. The Morgan fingerprint density at radius 1 is 1.50 bits per heavy atom. The molecule has 3 nitrogen and oxygen atoms in total. The Kier molecular flexibility index (Phi) is 5.83. The summed E-state index contributed by atoms with van der Waals surface area (Å²) in [6.45, 7) is 0. The van der Waals surface area contributed by atoms with E-state index >= 15 is 0 Å². The smallest absolute Gasteiger partial charge is 0.309 e. The Hall–Kier alpha value is -0.520. The maximum absolute atomic E-state index is 12.0. The average Bonchev–Trinajstić information content (AvgIpc) is 2.04. The molecule has 14 heavy (non-hydrogen) atoms. The van der Waals surface area contributed by atoms with Crippen LogP contribution in [0.25, 0.3) is 0 Å². The van der Waals surface area contributed by atoms with Crippen molar-refractivity contribution in [1.82, 2.24) is 4.98 Å². The van der Waals surface area contributed by atoms with Crippen molar-refractivity contribution in [3.63, 3.8) is 0 Å². The molecule has 1 heterocycles. The van der Waals surface area contributed by atoms with E-state index in [2.05, 4.69) is 4.98 Å². The van der Waals surface area contributed by atoms with Gasteiger partial charge in [0.15, 0.2) is 0 Å². The number of carboxylic acids is 1. The minimum atomic E-state index is -2.56. The number of halogens is 2. The van der Waals surface area contributed by atoms with E-state index in [0.717, 1.165) is 6.20 Å². The van der Waals surface area contributed by atoms with Crippen LogP contribution in [0.1, 0.15) is 17.7 Å². The van der Waals surface area contributed by atoms with Crippen LogP contribution in [0.15, 0.2) is 18.3 Å². The average molecular weight is 210 g/mol. The zero-order valence-corrected chi connectivity index (χ0v) is 9.58. The summed E-state index contributed by atoms with van der Waals surface area (Å²) in [4.78, 5) is 13.8. The number of carbonyl (C=O) groups is 1. The topological polar surface area (TPSA) is 50.2 Å². The zero-order valence-electron chi connectivity index (χ0n) is 7.58. The molecule has 0 aromatic carbocycles. The van der Waals surface area contributed by atoms with Gasteiger partial charge in [-0.15, -0.1) is 0 Å². The molecule has 1 N–H and O–H groups in total. The van der Waals surface area contributed by atoms with Crippen LogP contribution >= 0.6 is 0 Å². The van der Waals surface area contributed by atoms with Gasteiger partial charge in [0.25, 0.3) is 6.43 Å². The SMILES string of the molecule is O=C(O)Cc1ccc(C(F)F)cn1.[Na]. The third kappa shape index (κ3) is 4.13. The van der Waals surface area contributed by atoms with Crippen molar-refractivity contribution in [2.24, 2.45) is 0 Å². The molecule has 71 valence electrons. The summed E-state index contributed by atoms with van der Waals surface area (Å²) in [6, 6.07) is 2.46. The molecule has 0 bridgehead atoms. The van der Waals surface area contributed by atoms with E-state index in [1.807, 2.05) is 0 Å². The van der Waals surface area contributed by atoms with Gasteiger partial charge in [0.05, 0.1) is 12.1 Å². The molecule has 1 rings (SSSR count). The third-order valence-corrected chi connectivity index (χ3v) is 1.43. The second-order valence-corrected chi connectivity index (χ2v) is 2.45. The minimum absolute atomic E-state index is 0. The van der Waals surface area contributed by atoms with Crippen LogP contribution < -0.4 is 0 Å². The number of nitrogens with zero attached hydrogens (tertiary/aromatic N) is 1. The third-order valence-electron chi connectivity index (χ3n) is 1.43. The summed E-state index contributed by atoms with van der Waals surface area (Å²) in [5.74, 6) is -1.03. The molecular weight excluding hydrogens is 203 g/mol. The number of hydrogen-bond acceptors (Lipinski definition) is 2. The molecule has 1 radical (unpaired) electrons. The Morgan fingerprint density at radius 3 is 2.50 bits per heavy atom. The molecule has 0 aliphatic rings. The van der Waals surface area contributed by atoms with Crippen molar-refractivity contribution in [1.29, 1.82) is 0 Å². The largest absolute Gasteiger partial charge is 0.481 e. The molecule has 0 aliphatic heterocycles. The zero-order chi connectivity index (χ0) is 9.84. The van der Waals surface area contributed by atoms with Gasteiger partial charge in [-0.05, 0) is 12.1 Å². The van der Waals surface area contributed by atoms with Gasteiger partial charge in [-0.3, -0.25) is 9.78 Å². The molecule has 0 unspecified atom stereocenters. The summed E-state index contributed by atoms with van der Waals surface area (Å²) >= 11 is 0. The van der Waals surface area contributed by atoms with Crippen LogP contribution in [0.4, 0.5) is 8.78 Å². The van der Waals surface area contributed by atoms with E-state index in [1.165, 1.54) is 12.1 Å². The van der Waals surface area contributed by atoms with Crippen LogP contribution in [0.5, 0.6) is 0 Å². The standard InChI is InChI=1S/C8H7F2NO2.Na/c9-8(10)5-1-2-6(11-4-5)3-7(12)13;/h1-2,4,8H,3H2,(H,12,13);. The number of alkyl halides is 2. The van der Waals surface area contributed by atoms with E-state index in [0.29, 0.717) is 0 Å². The Bertz CT molecular complexity index is 303. The molecule has 0 fully saturated rings. The van der Waals surface area contributed by atoms with E-state index in [-0.39, 0.29) is 47.2 Å². The fourth-order valence-electron chi connectivity index (χ4n) is 0.825. The number of aromatic nitrogens is 1. The number of hydrogen-bond donors (Lipinski definition) is 1. The second kappa shape index (κ2) is 6.06. The monoisotopic (exact) mass is 210 g/mol. The Balaban J connectivity index is 0.00000169. The molecule has 0 atom stereocenters. The molecule has 1 aromatic rings. The fourth-order valence-corrected chi connectivity index (χ4v) is 0.825. The van der Waals surface area contributed by atoms with Crippen molar-refractivity contribution < 1.29 is 18.7 Å². The quantitative estimate of drug-likeness (QED) is 0.764. The van der Waals surface area contributed by atoms with Crippen molar-refractivity contribution in [3.8, 4) is 0 Å². The maximum atomic E-state index is 12.0. The van der Waals surface area contributed by atoms with Gasteiger partial charge in [-0.2, -0.15) is 0 Å². The molecule has 6 heteroatoms. The molecule has 1 aromatic heterocycles.